The third-order valence-corrected chi connectivity index (χ3v) is 9.27. The van der Waals surface area contributed by atoms with Crippen LogP contribution in [0, 0.1) is 0 Å². The number of allylic oxidation sites excluding steroid dienone is 6. The second-order valence-electron chi connectivity index (χ2n) is 12.4. The van der Waals surface area contributed by atoms with E-state index in [9.17, 15) is 0 Å². The standard InChI is InChI=1S/C47H35N3/c1-48-46(50-47(49-32-33-14-5-4-6-15-33)36-26-24-35(25-27-36)34-16-7-2-3-8-17-34)39-19-13-18-37(30-39)38-28-29-44-42-22-10-9-20-40(42)41-21-11-12-23-43(41)45(44)31-38/h2,4-31H,1,3,32H2. The normalized spacial score (nSPS) is 13.5. The summed E-state index contributed by atoms with van der Waals surface area (Å²) >= 11 is 0. The average Bonchev–Trinajstić information content (AvgIpc) is 3.49. The molecule has 238 valence electrons. The second-order valence-corrected chi connectivity index (χ2v) is 12.4. The van der Waals surface area contributed by atoms with E-state index in [4.69, 9.17) is 9.98 Å². The summed E-state index contributed by atoms with van der Waals surface area (Å²) in [5.74, 6) is 1.14. The molecule has 0 bridgehead atoms. The van der Waals surface area contributed by atoms with Crippen LogP contribution in [0.4, 0.5) is 0 Å². The molecule has 8 rings (SSSR count). The second kappa shape index (κ2) is 14.0. The van der Waals surface area contributed by atoms with Gasteiger partial charge in [0.05, 0.1) is 6.54 Å². The first-order chi connectivity index (χ1) is 24.7. The molecule has 0 aromatic heterocycles. The summed E-state index contributed by atoms with van der Waals surface area (Å²) in [5, 5.41) is 7.55. The van der Waals surface area contributed by atoms with Crippen LogP contribution >= 0.6 is 0 Å². The highest BCUT2D eigenvalue weighted by Crippen LogP contribution is 2.37. The maximum Gasteiger partial charge on any atom is 0.161 e. The number of aliphatic imine (C=N–C) groups is 3. The first-order valence-corrected chi connectivity index (χ1v) is 17.0. The minimum atomic E-state index is 0.504. The first kappa shape index (κ1) is 30.9. The van der Waals surface area contributed by atoms with Gasteiger partial charge < -0.3 is 0 Å². The van der Waals surface area contributed by atoms with Gasteiger partial charge in [-0.3, -0.25) is 4.99 Å². The van der Waals surface area contributed by atoms with Crippen molar-refractivity contribution >= 4 is 56.3 Å². The molecule has 0 fully saturated rings. The van der Waals surface area contributed by atoms with E-state index in [1.165, 1.54) is 37.9 Å². The molecule has 7 aromatic rings. The number of amidine groups is 2. The predicted octanol–water partition coefficient (Wildman–Crippen LogP) is 11.8. The summed E-state index contributed by atoms with van der Waals surface area (Å²) in [6.07, 6.45) is 11.7. The Hall–Kier alpha value is -6.45. The van der Waals surface area contributed by atoms with Crippen LogP contribution in [0.15, 0.2) is 191 Å². The molecule has 0 saturated heterocycles. The van der Waals surface area contributed by atoms with E-state index in [2.05, 4.69) is 163 Å². The summed E-state index contributed by atoms with van der Waals surface area (Å²) in [4.78, 5) is 14.5. The van der Waals surface area contributed by atoms with Gasteiger partial charge in [-0.05, 0) is 85.4 Å². The molecular formula is C47H35N3. The SMILES string of the molecule is C=NC(=NC(=NCc1ccccc1)c1ccc(C2=CC=CCC=C2)cc1)c1cccc(-c2ccc3c4ccccc4c4ccccc4c3c2)c1. The third-order valence-electron chi connectivity index (χ3n) is 9.27. The molecular weight excluding hydrogens is 607 g/mol. The lowest BCUT2D eigenvalue weighted by Crippen LogP contribution is -2.06. The zero-order valence-corrected chi connectivity index (χ0v) is 27.7. The zero-order valence-electron chi connectivity index (χ0n) is 27.7. The Morgan fingerprint density at radius 3 is 1.88 bits per heavy atom. The van der Waals surface area contributed by atoms with E-state index in [1.807, 2.05) is 24.3 Å². The molecule has 0 aliphatic heterocycles. The first-order valence-electron chi connectivity index (χ1n) is 17.0. The van der Waals surface area contributed by atoms with Gasteiger partial charge in [-0.15, -0.1) is 0 Å². The Kier molecular flexibility index (Phi) is 8.61. The van der Waals surface area contributed by atoms with Gasteiger partial charge in [-0.2, -0.15) is 0 Å². The summed E-state index contributed by atoms with van der Waals surface area (Å²) in [6.45, 7) is 4.44. The highest BCUT2D eigenvalue weighted by Gasteiger charge is 2.12. The fourth-order valence-electron chi connectivity index (χ4n) is 6.74. The number of hydrogen-bond acceptors (Lipinski definition) is 1. The van der Waals surface area contributed by atoms with Gasteiger partial charge in [-0.1, -0.05) is 164 Å². The van der Waals surface area contributed by atoms with Crippen molar-refractivity contribution in [2.45, 2.75) is 13.0 Å². The number of rotatable bonds is 6. The molecule has 0 N–H and O–H groups in total. The quantitative estimate of drug-likeness (QED) is 0.0984. The predicted molar refractivity (Wildman–Crippen MR) is 214 cm³/mol. The summed E-state index contributed by atoms with van der Waals surface area (Å²) in [5.41, 5.74) is 7.46. The minimum absolute atomic E-state index is 0.504. The zero-order chi connectivity index (χ0) is 33.7. The van der Waals surface area contributed by atoms with Crippen molar-refractivity contribution in [2.24, 2.45) is 15.0 Å². The molecule has 1 aliphatic carbocycles. The fraction of sp³-hybridized carbons (Fsp3) is 0.0426. The van der Waals surface area contributed by atoms with E-state index in [1.54, 1.807) is 0 Å². The Labute approximate surface area is 292 Å². The van der Waals surface area contributed by atoms with Gasteiger partial charge in [0, 0.05) is 11.1 Å². The molecule has 50 heavy (non-hydrogen) atoms. The van der Waals surface area contributed by atoms with Crippen LogP contribution in [0.5, 0.6) is 0 Å². The topological polar surface area (TPSA) is 37.1 Å². The summed E-state index contributed by atoms with van der Waals surface area (Å²) in [7, 11) is 0. The molecule has 0 saturated carbocycles. The van der Waals surface area contributed by atoms with Crippen molar-refractivity contribution in [3.05, 3.63) is 198 Å². The largest absolute Gasteiger partial charge is 0.261 e. The van der Waals surface area contributed by atoms with Gasteiger partial charge in [0.2, 0.25) is 0 Å². The minimum Gasteiger partial charge on any atom is -0.261 e. The molecule has 0 unspecified atom stereocenters. The number of nitrogens with zero attached hydrogens (tertiary/aromatic N) is 3. The number of fused-ring (bicyclic) bond motifs is 6. The van der Waals surface area contributed by atoms with Crippen molar-refractivity contribution in [3.63, 3.8) is 0 Å². The van der Waals surface area contributed by atoms with Crippen molar-refractivity contribution in [1.82, 2.24) is 0 Å². The lowest BCUT2D eigenvalue weighted by atomic mass is 9.92. The van der Waals surface area contributed by atoms with Crippen LogP contribution in [0.2, 0.25) is 0 Å². The number of hydrogen-bond donors (Lipinski definition) is 0. The van der Waals surface area contributed by atoms with Crippen LogP contribution < -0.4 is 0 Å². The van der Waals surface area contributed by atoms with Crippen molar-refractivity contribution in [3.8, 4) is 11.1 Å². The van der Waals surface area contributed by atoms with E-state index in [-0.39, 0.29) is 0 Å². The van der Waals surface area contributed by atoms with Crippen LogP contribution in [-0.2, 0) is 6.54 Å². The third kappa shape index (κ3) is 6.25. The Morgan fingerprint density at radius 2 is 1.16 bits per heavy atom. The van der Waals surface area contributed by atoms with E-state index < -0.39 is 0 Å². The molecule has 0 amide bonds. The Morgan fingerprint density at radius 1 is 0.520 bits per heavy atom. The smallest absolute Gasteiger partial charge is 0.161 e. The lowest BCUT2D eigenvalue weighted by molar-refractivity contribution is 1.06. The molecule has 7 aromatic carbocycles. The van der Waals surface area contributed by atoms with Crippen LogP contribution in [0.25, 0.3) is 49.0 Å². The fourth-order valence-corrected chi connectivity index (χ4v) is 6.74. The van der Waals surface area contributed by atoms with Gasteiger partial charge in [-0.25, -0.2) is 9.98 Å². The van der Waals surface area contributed by atoms with E-state index >= 15 is 0 Å². The molecule has 0 radical (unpaired) electrons. The molecule has 0 heterocycles. The molecule has 3 nitrogen and oxygen atoms in total. The Bertz CT molecular complexity index is 2500. The van der Waals surface area contributed by atoms with Crippen molar-refractivity contribution in [1.29, 1.82) is 0 Å². The van der Waals surface area contributed by atoms with Crippen LogP contribution in [0.1, 0.15) is 28.7 Å². The summed E-state index contributed by atoms with van der Waals surface area (Å²) in [6, 6.07) is 51.2. The maximum absolute atomic E-state index is 5.06. The highest BCUT2D eigenvalue weighted by atomic mass is 15.0. The average molecular weight is 642 g/mol. The van der Waals surface area contributed by atoms with Gasteiger partial charge in [0.15, 0.2) is 11.7 Å². The van der Waals surface area contributed by atoms with Gasteiger partial charge >= 0.3 is 0 Å². The molecule has 0 spiro atoms. The molecule has 0 atom stereocenters. The number of benzene rings is 7. The monoisotopic (exact) mass is 641 g/mol. The van der Waals surface area contributed by atoms with Crippen molar-refractivity contribution < 1.29 is 0 Å². The van der Waals surface area contributed by atoms with E-state index in [0.717, 1.165) is 39.8 Å². The van der Waals surface area contributed by atoms with Crippen molar-refractivity contribution in [2.75, 3.05) is 0 Å². The van der Waals surface area contributed by atoms with Crippen LogP contribution in [-0.4, -0.2) is 18.4 Å². The highest BCUT2D eigenvalue weighted by molar-refractivity contribution is 6.25. The molecule has 1 aliphatic rings. The lowest BCUT2D eigenvalue weighted by Gasteiger charge is -2.12. The summed E-state index contributed by atoms with van der Waals surface area (Å²) < 4.78 is 0. The van der Waals surface area contributed by atoms with Gasteiger partial charge in [0.25, 0.3) is 0 Å². The van der Waals surface area contributed by atoms with E-state index in [0.29, 0.717) is 18.2 Å². The maximum atomic E-state index is 5.06. The van der Waals surface area contributed by atoms with Gasteiger partial charge in [0.1, 0.15) is 0 Å². The Balaban J connectivity index is 1.19. The van der Waals surface area contributed by atoms with Crippen LogP contribution in [0.3, 0.4) is 0 Å². The molecule has 3 heteroatoms.